The second-order valence-corrected chi connectivity index (χ2v) is 4.66. The number of aliphatic hydroxyl groups is 1. The molecule has 78 valence electrons. The van der Waals surface area contributed by atoms with Crippen molar-refractivity contribution in [1.29, 1.82) is 0 Å². The number of carbonyl (C=O) groups excluding carboxylic acids is 1. The van der Waals surface area contributed by atoms with Crippen LogP contribution in [0.25, 0.3) is 0 Å². The summed E-state index contributed by atoms with van der Waals surface area (Å²) in [7, 11) is -0.776. The molecule has 0 aromatic carbocycles. The number of carbonyl (C=O) groups is 1. The molecule has 0 aromatic heterocycles. The molecule has 1 amide bonds. The molecule has 0 aliphatic rings. The van der Waals surface area contributed by atoms with Gasteiger partial charge in [0.05, 0.1) is 18.9 Å². The van der Waals surface area contributed by atoms with Gasteiger partial charge in [0.15, 0.2) is 0 Å². The molecule has 0 spiro atoms. The summed E-state index contributed by atoms with van der Waals surface area (Å²) < 4.78 is 23.2. The maximum absolute atomic E-state index is 11.2. The van der Waals surface area contributed by atoms with Crippen LogP contribution in [0.4, 0.5) is 0 Å². The fourth-order valence-electron chi connectivity index (χ4n) is 0.651. The van der Waals surface area contributed by atoms with Crippen LogP contribution in [0.1, 0.15) is 0 Å². The summed E-state index contributed by atoms with van der Waals surface area (Å²) in [5, 5.41) is 10.7. The Bertz CT molecular complexity index is 262. The molecule has 6 nitrogen and oxygen atoms in total. The monoisotopic (exact) mass is 210 g/mol. The average Bonchev–Trinajstić information content (AvgIpc) is 2.04. The molecule has 0 bridgehead atoms. The number of hydrogen-bond donors (Lipinski definition) is 2. The van der Waals surface area contributed by atoms with Crippen molar-refractivity contribution in [2.24, 2.45) is 0 Å². The summed E-state index contributed by atoms with van der Waals surface area (Å²) in [6.45, 7) is -0.667. The first-order valence-corrected chi connectivity index (χ1v) is 5.30. The van der Waals surface area contributed by atoms with Gasteiger partial charge in [-0.1, -0.05) is 0 Å². The summed E-state index contributed by atoms with van der Waals surface area (Å²) in [6, 6.07) is 0. The van der Waals surface area contributed by atoms with Crippen molar-refractivity contribution in [3.63, 3.8) is 0 Å². The average molecular weight is 210 g/mol. The maximum atomic E-state index is 11.2. The van der Waals surface area contributed by atoms with E-state index in [0.717, 1.165) is 4.31 Å². The number of nitrogens with one attached hydrogen (secondary N) is 1. The Morgan fingerprint density at radius 3 is 2.46 bits per heavy atom. The highest BCUT2D eigenvalue weighted by Gasteiger charge is 2.18. The summed E-state index contributed by atoms with van der Waals surface area (Å²) in [5.74, 6) is -0.746. The molecule has 0 aliphatic heterocycles. The summed E-state index contributed by atoms with van der Waals surface area (Å²) in [5.41, 5.74) is 0. The third-order valence-corrected chi connectivity index (χ3v) is 3.25. The van der Waals surface area contributed by atoms with Gasteiger partial charge in [-0.2, -0.15) is 4.31 Å². The molecule has 0 heterocycles. The molecular weight excluding hydrogens is 196 g/mol. The molecule has 7 heteroatoms. The molecule has 0 saturated carbocycles. The van der Waals surface area contributed by atoms with E-state index in [0.29, 0.717) is 0 Å². The first-order chi connectivity index (χ1) is 5.94. The first-order valence-electron chi connectivity index (χ1n) is 3.69. The van der Waals surface area contributed by atoms with E-state index in [-0.39, 0.29) is 18.2 Å². The van der Waals surface area contributed by atoms with Crippen LogP contribution in [-0.2, 0) is 14.8 Å². The van der Waals surface area contributed by atoms with Crippen LogP contribution in [-0.4, -0.2) is 56.7 Å². The highest BCUT2D eigenvalue weighted by molar-refractivity contribution is 7.89. The zero-order valence-corrected chi connectivity index (χ0v) is 8.47. The van der Waals surface area contributed by atoms with Crippen LogP contribution in [0.3, 0.4) is 0 Å². The largest absolute Gasteiger partial charge is 0.395 e. The number of amides is 1. The smallest absolute Gasteiger partial charge is 0.235 e. The van der Waals surface area contributed by atoms with E-state index in [9.17, 15) is 13.2 Å². The number of aliphatic hydroxyl groups excluding tert-OH is 1. The van der Waals surface area contributed by atoms with Gasteiger partial charge < -0.3 is 10.4 Å². The Morgan fingerprint density at radius 2 is 2.08 bits per heavy atom. The van der Waals surface area contributed by atoms with Gasteiger partial charge in [0.25, 0.3) is 0 Å². The summed E-state index contributed by atoms with van der Waals surface area (Å²) >= 11 is 0. The fourth-order valence-corrected chi connectivity index (χ4v) is 1.51. The van der Waals surface area contributed by atoms with Gasteiger partial charge in [-0.25, -0.2) is 8.42 Å². The van der Waals surface area contributed by atoms with Crippen LogP contribution in [0.5, 0.6) is 0 Å². The zero-order valence-electron chi connectivity index (χ0n) is 7.65. The second-order valence-electron chi connectivity index (χ2n) is 2.47. The molecule has 0 aliphatic carbocycles. The molecule has 0 atom stereocenters. The maximum Gasteiger partial charge on any atom is 0.235 e. The Morgan fingerprint density at radius 1 is 1.54 bits per heavy atom. The predicted octanol–water partition coefficient (Wildman–Crippen LogP) is -2.01. The predicted molar refractivity (Wildman–Crippen MR) is 47.6 cm³/mol. The minimum Gasteiger partial charge on any atom is -0.395 e. The minimum atomic E-state index is -3.49. The minimum absolute atomic E-state index is 0.223. The van der Waals surface area contributed by atoms with Crippen LogP contribution in [0, 0.1) is 0 Å². The second kappa shape index (κ2) is 5.15. The van der Waals surface area contributed by atoms with E-state index in [1.165, 1.54) is 14.1 Å². The lowest BCUT2D eigenvalue weighted by Gasteiger charge is -2.14. The zero-order chi connectivity index (χ0) is 10.5. The van der Waals surface area contributed by atoms with Crippen LogP contribution in [0.2, 0.25) is 0 Å². The Hall–Kier alpha value is -0.660. The third-order valence-electron chi connectivity index (χ3n) is 1.47. The van der Waals surface area contributed by atoms with E-state index in [1.54, 1.807) is 0 Å². The molecule has 0 aromatic rings. The van der Waals surface area contributed by atoms with Gasteiger partial charge in [-0.05, 0) is 0 Å². The highest BCUT2D eigenvalue weighted by Crippen LogP contribution is 1.96. The lowest BCUT2D eigenvalue weighted by molar-refractivity contribution is -0.120. The van der Waals surface area contributed by atoms with Crippen molar-refractivity contribution in [3.05, 3.63) is 0 Å². The number of rotatable bonds is 5. The Balaban J connectivity index is 4.25. The topological polar surface area (TPSA) is 86.7 Å². The molecule has 0 fully saturated rings. The summed E-state index contributed by atoms with van der Waals surface area (Å²) in [6.07, 6.45) is 0. The Kier molecular flexibility index (Phi) is 4.89. The van der Waals surface area contributed by atoms with Crippen molar-refractivity contribution >= 4 is 15.9 Å². The van der Waals surface area contributed by atoms with E-state index in [4.69, 9.17) is 5.11 Å². The highest BCUT2D eigenvalue weighted by atomic mass is 32.2. The van der Waals surface area contributed by atoms with Crippen molar-refractivity contribution < 1.29 is 18.3 Å². The quantitative estimate of drug-likeness (QED) is 0.549. The number of hydrogen-bond acceptors (Lipinski definition) is 4. The van der Waals surface area contributed by atoms with E-state index in [1.807, 2.05) is 0 Å². The molecule has 0 radical (unpaired) electrons. The van der Waals surface area contributed by atoms with Gasteiger partial charge in [0, 0.05) is 14.1 Å². The molecule has 2 N–H and O–H groups in total. The van der Waals surface area contributed by atoms with E-state index in [2.05, 4.69) is 5.32 Å². The van der Waals surface area contributed by atoms with Gasteiger partial charge in [0.2, 0.25) is 15.9 Å². The first kappa shape index (κ1) is 12.3. The number of sulfonamides is 1. The van der Waals surface area contributed by atoms with Crippen LogP contribution >= 0.6 is 0 Å². The SMILES string of the molecule is CNC(=O)CN(C)S(=O)(=O)CCO. The Labute approximate surface area is 77.6 Å². The third kappa shape index (κ3) is 4.20. The van der Waals surface area contributed by atoms with Crippen molar-refractivity contribution in [1.82, 2.24) is 9.62 Å². The number of likely N-dealkylation sites (N-methyl/N-ethyl adjacent to an activating group) is 2. The van der Waals surface area contributed by atoms with Gasteiger partial charge in [0.1, 0.15) is 0 Å². The van der Waals surface area contributed by atoms with Crippen molar-refractivity contribution in [2.75, 3.05) is 33.0 Å². The standard InChI is InChI=1S/C6H14N2O4S/c1-7-6(10)5-8(2)13(11,12)4-3-9/h9H,3-5H2,1-2H3,(H,7,10). The molecule has 0 unspecified atom stereocenters. The summed E-state index contributed by atoms with van der Waals surface area (Å²) in [4.78, 5) is 10.8. The van der Waals surface area contributed by atoms with Crippen molar-refractivity contribution in [2.45, 2.75) is 0 Å². The number of nitrogens with zero attached hydrogens (tertiary/aromatic N) is 1. The van der Waals surface area contributed by atoms with Gasteiger partial charge in [-0.3, -0.25) is 4.79 Å². The van der Waals surface area contributed by atoms with E-state index < -0.39 is 16.6 Å². The van der Waals surface area contributed by atoms with Crippen LogP contribution < -0.4 is 5.32 Å². The lowest BCUT2D eigenvalue weighted by atomic mass is 10.6. The molecule has 0 saturated heterocycles. The van der Waals surface area contributed by atoms with E-state index >= 15 is 0 Å². The molecular formula is C6H14N2O4S. The molecule has 0 rings (SSSR count). The van der Waals surface area contributed by atoms with Gasteiger partial charge >= 0.3 is 0 Å². The van der Waals surface area contributed by atoms with Crippen LogP contribution in [0.15, 0.2) is 0 Å². The normalized spacial score (nSPS) is 11.7. The van der Waals surface area contributed by atoms with Crippen molar-refractivity contribution in [3.8, 4) is 0 Å². The fraction of sp³-hybridized carbons (Fsp3) is 0.833. The lowest BCUT2D eigenvalue weighted by Crippen LogP contribution is -2.38. The van der Waals surface area contributed by atoms with Gasteiger partial charge in [-0.15, -0.1) is 0 Å². The molecule has 13 heavy (non-hydrogen) atoms.